The predicted octanol–water partition coefficient (Wildman–Crippen LogP) is 2.79. The third-order valence-corrected chi connectivity index (χ3v) is 2.59. The van der Waals surface area contributed by atoms with Crippen molar-refractivity contribution in [3.05, 3.63) is 28.8 Å². The average molecular weight is 237 g/mol. The summed E-state index contributed by atoms with van der Waals surface area (Å²) in [5.41, 5.74) is 3.63. The number of hydrogen-bond donors (Lipinski definition) is 1. The highest BCUT2D eigenvalue weighted by atomic mass is 16.7. The van der Waals surface area contributed by atoms with E-state index in [9.17, 15) is 0 Å². The first-order chi connectivity index (χ1) is 8.19. The van der Waals surface area contributed by atoms with Crippen molar-refractivity contribution in [3.63, 3.8) is 0 Å². The molecule has 1 rings (SSSR count). The Morgan fingerprint density at radius 1 is 1.12 bits per heavy atom. The Kier molecular flexibility index (Phi) is 6.01. The van der Waals surface area contributed by atoms with Gasteiger partial charge in [-0.05, 0) is 44.0 Å². The third-order valence-electron chi connectivity index (χ3n) is 2.59. The van der Waals surface area contributed by atoms with Crippen LogP contribution >= 0.6 is 0 Å². The maximum Gasteiger partial charge on any atom is 0.189 e. The Hall–Kier alpha value is -1.06. The minimum absolute atomic E-state index is 0.324. The van der Waals surface area contributed by atoms with Crippen molar-refractivity contribution in [2.24, 2.45) is 0 Å². The van der Waals surface area contributed by atoms with Gasteiger partial charge in [0.15, 0.2) is 6.79 Å². The minimum Gasteiger partial charge on any atom is -0.467 e. The van der Waals surface area contributed by atoms with E-state index >= 15 is 0 Å². The lowest BCUT2D eigenvalue weighted by molar-refractivity contribution is 0.0216. The van der Waals surface area contributed by atoms with E-state index in [2.05, 4.69) is 38.2 Å². The topological polar surface area (TPSA) is 30.5 Å². The molecule has 1 aromatic rings. The molecule has 96 valence electrons. The molecule has 3 nitrogen and oxygen atoms in total. The molecule has 1 aromatic carbocycles. The van der Waals surface area contributed by atoms with Crippen LogP contribution in [0.25, 0.3) is 0 Å². The summed E-state index contributed by atoms with van der Waals surface area (Å²) in [6, 6.07) is 4.33. The molecule has 0 aliphatic heterocycles. The van der Waals surface area contributed by atoms with Crippen LogP contribution in [0.5, 0.6) is 5.75 Å². The van der Waals surface area contributed by atoms with Gasteiger partial charge in [0.25, 0.3) is 0 Å². The van der Waals surface area contributed by atoms with Gasteiger partial charge in [-0.3, -0.25) is 0 Å². The normalized spacial score (nSPS) is 10.6. The number of nitrogens with one attached hydrogen (secondary N) is 1. The van der Waals surface area contributed by atoms with Crippen LogP contribution in [0.15, 0.2) is 12.1 Å². The Morgan fingerprint density at radius 3 is 2.29 bits per heavy atom. The highest BCUT2D eigenvalue weighted by Gasteiger charge is 2.06. The predicted molar refractivity (Wildman–Crippen MR) is 70.4 cm³/mol. The number of aryl methyl sites for hydroxylation is 2. The summed E-state index contributed by atoms with van der Waals surface area (Å²) in [4.78, 5) is 0. The molecule has 0 aliphatic rings. The Balaban J connectivity index is 2.72. The second-order valence-electron chi connectivity index (χ2n) is 4.09. The van der Waals surface area contributed by atoms with E-state index in [0.717, 1.165) is 30.0 Å². The summed E-state index contributed by atoms with van der Waals surface area (Å²) in [7, 11) is 0. The van der Waals surface area contributed by atoms with Gasteiger partial charge in [-0.15, -0.1) is 0 Å². The third kappa shape index (κ3) is 4.36. The Morgan fingerprint density at radius 2 is 1.76 bits per heavy atom. The first kappa shape index (κ1) is 14.0. The molecule has 0 atom stereocenters. The standard InChI is InChI=1S/C14H23NO2/c1-5-15-9-13-7-11(3)14(12(4)8-13)17-10-16-6-2/h7-8,15H,5-6,9-10H2,1-4H3. The summed E-state index contributed by atoms with van der Waals surface area (Å²) in [5, 5.41) is 3.33. The first-order valence-electron chi connectivity index (χ1n) is 6.20. The molecule has 0 aliphatic carbocycles. The fourth-order valence-corrected chi connectivity index (χ4v) is 1.82. The van der Waals surface area contributed by atoms with Gasteiger partial charge in [-0.25, -0.2) is 0 Å². The van der Waals surface area contributed by atoms with E-state index in [0.29, 0.717) is 13.4 Å². The second kappa shape index (κ2) is 7.30. The maximum absolute atomic E-state index is 5.62. The quantitative estimate of drug-likeness (QED) is 0.584. The molecule has 0 aromatic heterocycles. The Labute approximate surface area is 104 Å². The lowest BCUT2D eigenvalue weighted by atomic mass is 10.1. The van der Waals surface area contributed by atoms with Crippen molar-refractivity contribution in [3.8, 4) is 5.75 Å². The zero-order valence-electron chi connectivity index (χ0n) is 11.3. The van der Waals surface area contributed by atoms with Crippen molar-refractivity contribution >= 4 is 0 Å². The van der Waals surface area contributed by atoms with Crippen molar-refractivity contribution in [1.29, 1.82) is 0 Å². The molecular weight excluding hydrogens is 214 g/mol. The molecule has 0 saturated carbocycles. The monoisotopic (exact) mass is 237 g/mol. The molecular formula is C14H23NO2. The molecule has 0 heterocycles. The van der Waals surface area contributed by atoms with Crippen molar-refractivity contribution in [2.75, 3.05) is 19.9 Å². The van der Waals surface area contributed by atoms with E-state index in [1.807, 2.05) is 6.92 Å². The minimum atomic E-state index is 0.324. The second-order valence-corrected chi connectivity index (χ2v) is 4.09. The largest absolute Gasteiger partial charge is 0.467 e. The molecule has 0 fully saturated rings. The summed E-state index contributed by atoms with van der Waals surface area (Å²) in [6.45, 7) is 11.1. The molecule has 0 unspecified atom stereocenters. The van der Waals surface area contributed by atoms with Crippen LogP contribution in [-0.4, -0.2) is 19.9 Å². The van der Waals surface area contributed by atoms with Gasteiger partial charge < -0.3 is 14.8 Å². The van der Waals surface area contributed by atoms with E-state index in [1.54, 1.807) is 0 Å². The van der Waals surface area contributed by atoms with Crippen LogP contribution in [0.3, 0.4) is 0 Å². The lowest BCUT2D eigenvalue weighted by Crippen LogP contribution is -2.12. The van der Waals surface area contributed by atoms with E-state index in [-0.39, 0.29) is 0 Å². The molecule has 3 heteroatoms. The van der Waals surface area contributed by atoms with Gasteiger partial charge in [0.2, 0.25) is 0 Å². The van der Waals surface area contributed by atoms with Crippen molar-refractivity contribution in [1.82, 2.24) is 5.32 Å². The van der Waals surface area contributed by atoms with Crippen LogP contribution in [0.4, 0.5) is 0 Å². The zero-order chi connectivity index (χ0) is 12.7. The van der Waals surface area contributed by atoms with E-state index in [4.69, 9.17) is 9.47 Å². The van der Waals surface area contributed by atoms with E-state index in [1.165, 1.54) is 5.56 Å². The van der Waals surface area contributed by atoms with Crippen LogP contribution in [-0.2, 0) is 11.3 Å². The van der Waals surface area contributed by atoms with Gasteiger partial charge in [0, 0.05) is 13.2 Å². The summed E-state index contributed by atoms with van der Waals surface area (Å²) in [6.07, 6.45) is 0. The summed E-state index contributed by atoms with van der Waals surface area (Å²) in [5.74, 6) is 0.943. The number of ether oxygens (including phenoxy) is 2. The van der Waals surface area contributed by atoms with Gasteiger partial charge in [-0.2, -0.15) is 0 Å². The molecule has 0 spiro atoms. The Bertz CT molecular complexity index is 327. The van der Waals surface area contributed by atoms with Crippen LogP contribution < -0.4 is 10.1 Å². The molecule has 0 amide bonds. The van der Waals surface area contributed by atoms with Gasteiger partial charge in [0.1, 0.15) is 5.75 Å². The number of rotatable bonds is 7. The highest BCUT2D eigenvalue weighted by molar-refractivity contribution is 5.43. The van der Waals surface area contributed by atoms with Crippen molar-refractivity contribution in [2.45, 2.75) is 34.2 Å². The molecule has 0 radical (unpaired) electrons. The molecule has 0 bridgehead atoms. The zero-order valence-corrected chi connectivity index (χ0v) is 11.3. The SMILES string of the molecule is CCNCc1cc(C)c(OCOCC)c(C)c1. The molecule has 17 heavy (non-hydrogen) atoms. The van der Waals surface area contributed by atoms with Crippen LogP contribution in [0.2, 0.25) is 0 Å². The summed E-state index contributed by atoms with van der Waals surface area (Å²) >= 11 is 0. The smallest absolute Gasteiger partial charge is 0.189 e. The summed E-state index contributed by atoms with van der Waals surface area (Å²) < 4.78 is 10.8. The fourth-order valence-electron chi connectivity index (χ4n) is 1.82. The average Bonchev–Trinajstić information content (AvgIpc) is 2.30. The number of benzene rings is 1. The first-order valence-corrected chi connectivity index (χ1v) is 6.20. The van der Waals surface area contributed by atoms with Gasteiger partial charge in [0.05, 0.1) is 0 Å². The van der Waals surface area contributed by atoms with Gasteiger partial charge in [-0.1, -0.05) is 19.1 Å². The van der Waals surface area contributed by atoms with Crippen LogP contribution in [0.1, 0.15) is 30.5 Å². The van der Waals surface area contributed by atoms with Crippen LogP contribution in [0, 0.1) is 13.8 Å². The lowest BCUT2D eigenvalue weighted by Gasteiger charge is -2.14. The number of hydrogen-bond acceptors (Lipinski definition) is 3. The highest BCUT2D eigenvalue weighted by Crippen LogP contribution is 2.24. The maximum atomic E-state index is 5.62. The fraction of sp³-hybridized carbons (Fsp3) is 0.571. The molecule has 1 N–H and O–H groups in total. The van der Waals surface area contributed by atoms with Crippen molar-refractivity contribution < 1.29 is 9.47 Å². The van der Waals surface area contributed by atoms with Gasteiger partial charge >= 0.3 is 0 Å². The van der Waals surface area contributed by atoms with E-state index < -0.39 is 0 Å². The molecule has 0 saturated heterocycles.